The number of carboxylic acids is 1. The molecule has 1 N–H and O–H groups in total. The highest BCUT2D eigenvalue weighted by Gasteiger charge is 2.23. The second-order valence-corrected chi connectivity index (χ2v) is 8.19. The molecule has 4 rings (SSSR count). The molecule has 1 saturated heterocycles. The molecule has 2 aromatic heterocycles. The van der Waals surface area contributed by atoms with Crippen LogP contribution >= 0.6 is 11.3 Å². The van der Waals surface area contributed by atoms with Crippen LogP contribution in [0.3, 0.4) is 0 Å². The van der Waals surface area contributed by atoms with Crippen LogP contribution < -0.4 is 5.56 Å². The van der Waals surface area contributed by atoms with Crippen LogP contribution in [-0.2, 0) is 24.1 Å². The first-order valence-electron chi connectivity index (χ1n) is 9.36. The number of hydrogen-bond donors (Lipinski definition) is 1. The molecule has 0 saturated carbocycles. The molecule has 6 nitrogen and oxygen atoms in total. The number of aromatic nitrogens is 1. The zero-order valence-electron chi connectivity index (χ0n) is 14.8. The van der Waals surface area contributed by atoms with E-state index >= 15 is 0 Å². The summed E-state index contributed by atoms with van der Waals surface area (Å²) in [6, 6.07) is 1.71. The number of aromatic carboxylic acids is 1. The van der Waals surface area contributed by atoms with Crippen LogP contribution in [0.4, 0.5) is 0 Å². The number of carbonyl (C=O) groups is 1. The number of ether oxygens (including phenoxy) is 1. The lowest BCUT2D eigenvalue weighted by atomic mass is 9.96. The van der Waals surface area contributed by atoms with Crippen LogP contribution in [0.1, 0.15) is 40.2 Å². The molecular weight excluding hydrogens is 352 g/mol. The predicted octanol–water partition coefficient (Wildman–Crippen LogP) is 2.36. The SMILES string of the molecule is O=C(O)c1cc2sc3c(c2c(=O)n1CCCN1CCOCC1)CCCC3. The minimum absolute atomic E-state index is 0.114. The van der Waals surface area contributed by atoms with E-state index in [1.54, 1.807) is 17.4 Å². The van der Waals surface area contributed by atoms with Gasteiger partial charge in [-0.2, -0.15) is 0 Å². The summed E-state index contributed by atoms with van der Waals surface area (Å²) in [5, 5.41) is 10.4. The Morgan fingerprint density at radius 3 is 2.73 bits per heavy atom. The van der Waals surface area contributed by atoms with Crippen LogP contribution in [-0.4, -0.2) is 53.4 Å². The summed E-state index contributed by atoms with van der Waals surface area (Å²) in [5.74, 6) is -1.03. The Labute approximate surface area is 156 Å². The molecule has 1 fully saturated rings. The van der Waals surface area contributed by atoms with Gasteiger partial charge in [-0.05, 0) is 43.7 Å². The highest BCUT2D eigenvalue weighted by Crippen LogP contribution is 2.35. The molecule has 0 atom stereocenters. The zero-order chi connectivity index (χ0) is 18.1. The van der Waals surface area contributed by atoms with Crippen LogP contribution in [0.5, 0.6) is 0 Å². The van der Waals surface area contributed by atoms with Crippen molar-refractivity contribution in [1.82, 2.24) is 9.47 Å². The lowest BCUT2D eigenvalue weighted by Crippen LogP contribution is -2.37. The lowest BCUT2D eigenvalue weighted by Gasteiger charge is -2.26. The first-order valence-corrected chi connectivity index (χ1v) is 10.2. The molecule has 2 aliphatic rings. The third-order valence-corrected chi connectivity index (χ3v) is 6.63. The van der Waals surface area contributed by atoms with Gasteiger partial charge in [0.1, 0.15) is 5.69 Å². The third kappa shape index (κ3) is 3.31. The Balaban J connectivity index is 1.65. The van der Waals surface area contributed by atoms with Crippen molar-refractivity contribution >= 4 is 27.4 Å². The number of fused-ring (bicyclic) bond motifs is 3. The van der Waals surface area contributed by atoms with Crippen LogP contribution in [0.25, 0.3) is 10.1 Å². The molecule has 0 aromatic carbocycles. The van der Waals surface area contributed by atoms with Crippen molar-refractivity contribution in [1.29, 1.82) is 0 Å². The molecule has 0 bridgehead atoms. The monoisotopic (exact) mass is 376 g/mol. The maximum absolute atomic E-state index is 13.1. The fourth-order valence-corrected chi connectivity index (χ4v) is 5.37. The number of carboxylic acid groups (broad SMARTS) is 1. The molecule has 1 aliphatic carbocycles. The molecule has 26 heavy (non-hydrogen) atoms. The number of pyridine rings is 1. The first kappa shape index (κ1) is 17.7. The van der Waals surface area contributed by atoms with Gasteiger partial charge in [-0.1, -0.05) is 0 Å². The molecule has 3 heterocycles. The topological polar surface area (TPSA) is 71.8 Å². The highest BCUT2D eigenvalue weighted by molar-refractivity contribution is 7.19. The van der Waals surface area contributed by atoms with Crippen molar-refractivity contribution < 1.29 is 14.6 Å². The molecular formula is C19H24N2O4S. The van der Waals surface area contributed by atoms with Gasteiger partial charge in [0, 0.05) is 35.8 Å². The van der Waals surface area contributed by atoms with Gasteiger partial charge >= 0.3 is 5.97 Å². The fraction of sp³-hybridized carbons (Fsp3) is 0.579. The van der Waals surface area contributed by atoms with E-state index in [2.05, 4.69) is 4.90 Å². The number of aryl methyl sites for hydroxylation is 2. The second kappa shape index (κ2) is 7.50. The van der Waals surface area contributed by atoms with Crippen molar-refractivity contribution in [3.8, 4) is 0 Å². The number of morpholine rings is 1. The standard InChI is InChI=1S/C19H24N2O4S/c22-18-17-13-4-1-2-5-15(13)26-16(17)12-14(19(23)24)21(18)7-3-6-20-8-10-25-11-9-20/h12H,1-11H2,(H,23,24). The Bertz CT molecular complexity index is 880. The Kier molecular flexibility index (Phi) is 5.11. The van der Waals surface area contributed by atoms with Gasteiger partial charge in [0.05, 0.1) is 18.6 Å². The van der Waals surface area contributed by atoms with E-state index < -0.39 is 5.97 Å². The Morgan fingerprint density at radius 2 is 1.96 bits per heavy atom. The van der Waals surface area contributed by atoms with E-state index in [0.717, 1.165) is 75.0 Å². The number of hydrogen-bond acceptors (Lipinski definition) is 5. The molecule has 0 amide bonds. The van der Waals surface area contributed by atoms with Gasteiger partial charge in [-0.3, -0.25) is 9.69 Å². The minimum Gasteiger partial charge on any atom is -0.477 e. The number of nitrogens with zero attached hydrogens (tertiary/aromatic N) is 2. The second-order valence-electron chi connectivity index (χ2n) is 7.05. The molecule has 0 spiro atoms. The zero-order valence-corrected chi connectivity index (χ0v) is 15.6. The van der Waals surface area contributed by atoms with Crippen molar-refractivity contribution in [3.05, 3.63) is 32.6 Å². The first-order chi connectivity index (χ1) is 12.6. The largest absolute Gasteiger partial charge is 0.477 e. The fourth-order valence-electron chi connectivity index (χ4n) is 4.05. The van der Waals surface area contributed by atoms with Crippen LogP contribution in [0.15, 0.2) is 10.9 Å². The van der Waals surface area contributed by atoms with E-state index in [-0.39, 0.29) is 11.3 Å². The minimum atomic E-state index is -1.03. The molecule has 2 aromatic rings. The van der Waals surface area contributed by atoms with Crippen molar-refractivity contribution in [2.24, 2.45) is 0 Å². The van der Waals surface area contributed by atoms with Gasteiger partial charge in [0.15, 0.2) is 0 Å². The third-order valence-electron chi connectivity index (χ3n) is 5.40. The van der Waals surface area contributed by atoms with Crippen LogP contribution in [0, 0.1) is 0 Å². The lowest BCUT2D eigenvalue weighted by molar-refractivity contribution is 0.0368. The summed E-state index contributed by atoms with van der Waals surface area (Å²) >= 11 is 1.60. The van der Waals surface area contributed by atoms with Crippen molar-refractivity contribution in [2.45, 2.75) is 38.6 Å². The number of rotatable bonds is 5. The normalized spacial score (nSPS) is 18.2. The van der Waals surface area contributed by atoms with Gasteiger partial charge in [0.2, 0.25) is 0 Å². The summed E-state index contributed by atoms with van der Waals surface area (Å²) < 4.78 is 7.67. The van der Waals surface area contributed by atoms with E-state index in [1.165, 1.54) is 15.0 Å². The van der Waals surface area contributed by atoms with Gasteiger partial charge in [0.25, 0.3) is 5.56 Å². The van der Waals surface area contributed by atoms with Crippen molar-refractivity contribution in [2.75, 3.05) is 32.8 Å². The molecule has 0 radical (unpaired) electrons. The van der Waals surface area contributed by atoms with E-state index in [1.807, 2.05) is 0 Å². The van der Waals surface area contributed by atoms with Crippen LogP contribution in [0.2, 0.25) is 0 Å². The Hall–Kier alpha value is -1.70. The van der Waals surface area contributed by atoms with E-state index in [0.29, 0.717) is 6.54 Å². The van der Waals surface area contributed by atoms with Gasteiger partial charge < -0.3 is 14.4 Å². The van der Waals surface area contributed by atoms with Crippen molar-refractivity contribution in [3.63, 3.8) is 0 Å². The highest BCUT2D eigenvalue weighted by atomic mass is 32.1. The number of thiophene rings is 1. The quantitative estimate of drug-likeness (QED) is 0.867. The van der Waals surface area contributed by atoms with E-state index in [9.17, 15) is 14.7 Å². The van der Waals surface area contributed by atoms with Gasteiger partial charge in [-0.25, -0.2) is 4.79 Å². The smallest absolute Gasteiger partial charge is 0.352 e. The summed E-state index contributed by atoms with van der Waals surface area (Å²) in [6.07, 6.45) is 4.96. The average Bonchev–Trinajstić information content (AvgIpc) is 3.02. The summed E-state index contributed by atoms with van der Waals surface area (Å²) in [5.41, 5.74) is 1.16. The average molecular weight is 376 g/mol. The van der Waals surface area contributed by atoms with E-state index in [4.69, 9.17) is 4.74 Å². The summed E-state index contributed by atoms with van der Waals surface area (Å²) in [7, 11) is 0. The predicted molar refractivity (Wildman–Crippen MR) is 102 cm³/mol. The maximum atomic E-state index is 13.1. The summed E-state index contributed by atoms with van der Waals surface area (Å²) in [4.78, 5) is 28.5. The Morgan fingerprint density at radius 1 is 1.19 bits per heavy atom. The maximum Gasteiger partial charge on any atom is 0.352 e. The molecule has 140 valence electrons. The molecule has 0 unspecified atom stereocenters. The molecule has 7 heteroatoms. The summed E-state index contributed by atoms with van der Waals surface area (Å²) in [6.45, 7) is 4.59. The van der Waals surface area contributed by atoms with Gasteiger partial charge in [-0.15, -0.1) is 11.3 Å². The molecule has 1 aliphatic heterocycles.